The third-order valence-electron chi connectivity index (χ3n) is 10.5. The predicted molar refractivity (Wildman–Crippen MR) is 240 cm³/mol. The molecule has 2 aromatic heterocycles. The average Bonchev–Trinajstić information content (AvgIpc) is 3.90. The van der Waals surface area contributed by atoms with Crippen LogP contribution in [0.2, 0.25) is 10.0 Å². The largest absolute Gasteiger partial charge is 0.392 e. The summed E-state index contributed by atoms with van der Waals surface area (Å²) < 4.78 is 0. The lowest BCUT2D eigenvalue weighted by atomic mass is 9.89. The minimum absolute atomic E-state index is 0.0139. The minimum Gasteiger partial charge on any atom is -0.392 e. The summed E-state index contributed by atoms with van der Waals surface area (Å²) in [6.45, 7) is 7.39. The number of carbonyl (C=O) groups is 2. The Morgan fingerprint density at radius 1 is 0.714 bits per heavy atom. The monoisotopic (exact) mass is 870 g/mol. The van der Waals surface area contributed by atoms with E-state index in [9.17, 15) is 19.8 Å². The molecule has 2 heterocycles. The Morgan fingerprint density at radius 3 is 1.82 bits per heavy atom. The van der Waals surface area contributed by atoms with Crippen molar-refractivity contribution in [3.05, 3.63) is 131 Å². The number of hydrogen-bond acceptors (Lipinski definition) is 6. The molecule has 0 amide bonds. The summed E-state index contributed by atoms with van der Waals surface area (Å²) in [6, 6.07) is 19.6. The number of benzene rings is 2. The molecule has 0 aliphatic heterocycles. The average molecular weight is 873 g/mol. The normalized spacial score (nSPS) is 25.0. The highest BCUT2D eigenvalue weighted by molar-refractivity contribution is 7.15. The highest BCUT2D eigenvalue weighted by Crippen LogP contribution is 2.41. The molecule has 6 rings (SSSR count). The van der Waals surface area contributed by atoms with E-state index in [1.165, 1.54) is 32.9 Å². The molecule has 2 aliphatic rings. The fourth-order valence-electron chi connectivity index (χ4n) is 7.81. The van der Waals surface area contributed by atoms with E-state index in [1.807, 2.05) is 48.6 Å². The van der Waals surface area contributed by atoms with Crippen LogP contribution >= 0.6 is 69.1 Å². The first-order valence-electron chi connectivity index (χ1n) is 19.1. The number of rotatable bonds is 13. The van der Waals surface area contributed by atoms with Crippen LogP contribution in [0, 0.1) is 37.5 Å². The second-order valence-corrected chi connectivity index (χ2v) is 19.4. The molecule has 0 bridgehead atoms. The van der Waals surface area contributed by atoms with Gasteiger partial charge in [0.05, 0.1) is 22.0 Å². The molecule has 0 unspecified atom stereocenters. The van der Waals surface area contributed by atoms with Gasteiger partial charge in [-0.3, -0.25) is 9.59 Å². The van der Waals surface area contributed by atoms with Gasteiger partial charge < -0.3 is 10.2 Å². The number of allylic oxidation sites excluding steroid dienone is 1. The second kappa shape index (κ2) is 20.9. The smallest absolute Gasteiger partial charge is 0.169 e. The van der Waals surface area contributed by atoms with Crippen molar-refractivity contribution in [2.24, 2.45) is 23.7 Å². The van der Waals surface area contributed by atoms with Crippen molar-refractivity contribution in [2.75, 3.05) is 0 Å². The van der Waals surface area contributed by atoms with Gasteiger partial charge in [-0.1, -0.05) is 82.9 Å². The van der Waals surface area contributed by atoms with Crippen molar-refractivity contribution in [3.63, 3.8) is 0 Å². The standard InChI is InChI=1S/C24H29ClO2S.C22H21Cl3O2S/c1-15-11-16(2)13-18(12-15)7-9-21-20(22(25)14-23(21)27)6-4-5-19-8-10-24(28-19)17(3)26;1-13(26)22-8-6-17(28-22)3-2-4-18-19(21(27)12-20(18)25)7-5-14-9-15(23)11-16(24)10-14/h7-13,20-23,27H,4-6,14H2,1-3H3;2-3,5-11,18-21,27H,4,12H2,1H3/b9-7+;3-2+,7-5+/t20-,21-,22-,23-;18-,19-,20-,21-/m11/s1. The Morgan fingerprint density at radius 2 is 1.25 bits per heavy atom. The minimum atomic E-state index is -0.474. The van der Waals surface area contributed by atoms with Gasteiger partial charge in [-0.05, 0) is 138 Å². The summed E-state index contributed by atoms with van der Waals surface area (Å²) in [5.41, 5.74) is 4.57. The zero-order valence-corrected chi connectivity index (χ0v) is 36.8. The Labute approximate surface area is 359 Å². The number of ketones is 2. The highest BCUT2D eigenvalue weighted by Gasteiger charge is 2.40. The van der Waals surface area contributed by atoms with Gasteiger partial charge in [0.15, 0.2) is 11.6 Å². The first-order chi connectivity index (χ1) is 26.7. The molecule has 2 aliphatic carbocycles. The maximum atomic E-state index is 11.5. The topological polar surface area (TPSA) is 74.6 Å². The van der Waals surface area contributed by atoms with Crippen molar-refractivity contribution >= 4 is 98.9 Å². The number of alkyl halides is 2. The van der Waals surface area contributed by atoms with E-state index >= 15 is 0 Å². The summed E-state index contributed by atoms with van der Waals surface area (Å²) in [5, 5.41) is 22.1. The molecule has 56 heavy (non-hydrogen) atoms. The van der Waals surface area contributed by atoms with Crippen molar-refractivity contribution < 1.29 is 19.8 Å². The molecular weight excluding hydrogens is 822 g/mol. The molecule has 0 spiro atoms. The fraction of sp³-hybridized carbons (Fsp3) is 0.391. The number of Topliss-reactive ketones (excluding diaryl/α,β-unsaturated/α-hetero) is 2. The van der Waals surface area contributed by atoms with Gasteiger partial charge >= 0.3 is 0 Å². The predicted octanol–water partition coefficient (Wildman–Crippen LogP) is 13.2. The van der Waals surface area contributed by atoms with E-state index in [-0.39, 0.29) is 52.1 Å². The number of aliphatic hydroxyl groups is 2. The van der Waals surface area contributed by atoms with Gasteiger partial charge in [0, 0.05) is 42.4 Å². The van der Waals surface area contributed by atoms with Crippen LogP contribution < -0.4 is 0 Å². The molecule has 2 fully saturated rings. The third-order valence-corrected chi connectivity index (χ3v) is 14.4. The number of hydrogen-bond donors (Lipinski definition) is 2. The van der Waals surface area contributed by atoms with E-state index < -0.39 is 6.10 Å². The number of carbonyl (C=O) groups excluding carboxylic acids is 2. The summed E-state index contributed by atoms with van der Waals surface area (Å²) in [5.74, 6) is 0.681. The van der Waals surface area contributed by atoms with E-state index in [4.69, 9.17) is 46.4 Å². The Balaban J connectivity index is 0.000000214. The molecule has 4 nitrogen and oxygen atoms in total. The molecule has 2 N–H and O–H groups in total. The zero-order chi connectivity index (χ0) is 40.5. The van der Waals surface area contributed by atoms with Crippen LogP contribution in [0.1, 0.15) is 97.3 Å². The Hall–Kier alpha value is -2.52. The number of halogens is 4. The highest BCUT2D eigenvalue weighted by atomic mass is 35.5. The summed E-state index contributed by atoms with van der Waals surface area (Å²) in [6.07, 6.45) is 16.4. The molecular formula is C46H50Cl4O4S2. The zero-order valence-electron chi connectivity index (χ0n) is 32.1. The first-order valence-corrected chi connectivity index (χ1v) is 22.3. The van der Waals surface area contributed by atoms with Gasteiger partial charge in [-0.15, -0.1) is 45.9 Å². The summed E-state index contributed by atoms with van der Waals surface area (Å²) in [7, 11) is 0. The maximum Gasteiger partial charge on any atom is 0.169 e. The van der Waals surface area contributed by atoms with E-state index in [1.54, 1.807) is 31.3 Å². The molecule has 10 heteroatoms. The van der Waals surface area contributed by atoms with Crippen LogP contribution in [0.15, 0.2) is 78.9 Å². The molecule has 4 aromatic rings. The van der Waals surface area contributed by atoms with E-state index in [0.717, 1.165) is 45.9 Å². The second-order valence-electron chi connectivity index (χ2n) is 15.1. The van der Waals surface area contributed by atoms with Crippen molar-refractivity contribution in [2.45, 2.75) is 89.2 Å². The Bertz CT molecular complexity index is 2010. The number of aliphatic hydroxyl groups excluding tert-OH is 2. The summed E-state index contributed by atoms with van der Waals surface area (Å²) in [4.78, 5) is 26.7. The van der Waals surface area contributed by atoms with Crippen LogP contribution in [-0.4, -0.2) is 44.7 Å². The van der Waals surface area contributed by atoms with Gasteiger partial charge in [0.25, 0.3) is 0 Å². The number of aryl methyl sites for hydroxylation is 3. The van der Waals surface area contributed by atoms with Crippen molar-refractivity contribution in [3.8, 4) is 0 Å². The Kier molecular flexibility index (Phi) is 16.7. The molecule has 0 radical (unpaired) electrons. The molecule has 298 valence electrons. The maximum absolute atomic E-state index is 11.5. The first kappa shape index (κ1) is 44.6. The fourth-order valence-corrected chi connectivity index (χ4v) is 11.1. The van der Waals surface area contributed by atoms with Crippen LogP contribution in [0.3, 0.4) is 0 Å². The van der Waals surface area contributed by atoms with Crippen molar-refractivity contribution in [1.82, 2.24) is 0 Å². The molecule has 0 saturated heterocycles. The van der Waals surface area contributed by atoms with Crippen molar-refractivity contribution in [1.29, 1.82) is 0 Å². The molecule has 8 atom stereocenters. The van der Waals surface area contributed by atoms with Gasteiger partial charge in [-0.25, -0.2) is 0 Å². The van der Waals surface area contributed by atoms with Gasteiger partial charge in [-0.2, -0.15) is 0 Å². The quantitative estimate of drug-likeness (QED) is 0.104. The number of thiophene rings is 2. The molecule has 2 aromatic carbocycles. The van der Waals surface area contributed by atoms with E-state index in [0.29, 0.717) is 22.9 Å². The van der Waals surface area contributed by atoms with Crippen LogP contribution in [-0.2, 0) is 6.42 Å². The lowest BCUT2D eigenvalue weighted by molar-refractivity contribution is 0.101. The lowest BCUT2D eigenvalue weighted by Gasteiger charge is -2.20. The van der Waals surface area contributed by atoms with Crippen LogP contribution in [0.4, 0.5) is 0 Å². The molecule has 2 saturated carbocycles. The lowest BCUT2D eigenvalue weighted by Crippen LogP contribution is -2.18. The third kappa shape index (κ3) is 12.7. The van der Waals surface area contributed by atoms with Crippen LogP contribution in [0.25, 0.3) is 18.2 Å². The van der Waals surface area contributed by atoms with Crippen LogP contribution in [0.5, 0.6) is 0 Å². The van der Waals surface area contributed by atoms with Gasteiger partial charge in [0.2, 0.25) is 0 Å². The van der Waals surface area contributed by atoms with Gasteiger partial charge in [0.1, 0.15) is 0 Å². The van der Waals surface area contributed by atoms with E-state index in [2.05, 4.69) is 56.3 Å². The summed E-state index contributed by atoms with van der Waals surface area (Å²) >= 11 is 28.3. The SMILES string of the molecule is CC(=O)c1ccc(/C=C/C[C@@H]2[C@@H](/C=C/c3cc(Cl)cc(Cl)c3)[C@H](O)C[C@H]2Cl)s1.CC(=O)c1ccc(CCC[C@@H]2[C@@H](/C=C/c3cc(C)cc(C)c3)[C@H](O)C[C@H]2Cl)s1.